The zero-order chi connectivity index (χ0) is 15.3. The molecule has 0 bridgehead atoms. The van der Waals surface area contributed by atoms with Gasteiger partial charge >= 0.3 is 0 Å². The van der Waals surface area contributed by atoms with E-state index in [-0.39, 0.29) is 4.90 Å². The number of rotatable bonds is 7. The molecule has 20 heavy (non-hydrogen) atoms. The molecule has 0 aromatic heterocycles. The summed E-state index contributed by atoms with van der Waals surface area (Å²) in [5.41, 5.74) is 0.773. The largest absolute Gasteiger partial charge is 0.495 e. The van der Waals surface area contributed by atoms with Crippen LogP contribution < -0.4 is 9.46 Å². The van der Waals surface area contributed by atoms with E-state index in [2.05, 4.69) is 4.72 Å². The number of halogens is 1. The van der Waals surface area contributed by atoms with Crippen molar-refractivity contribution in [2.45, 2.75) is 18.2 Å². The summed E-state index contributed by atoms with van der Waals surface area (Å²) in [6.07, 6.45) is 0.730. The maximum absolute atomic E-state index is 12.3. The SMILES string of the molecule is COc1cc(C)c(Cl)cc1S(=O)(=O)NCCCN(C)C. The van der Waals surface area contributed by atoms with Gasteiger partial charge in [0.05, 0.1) is 7.11 Å². The van der Waals surface area contributed by atoms with Gasteiger partial charge in [0.1, 0.15) is 10.6 Å². The van der Waals surface area contributed by atoms with E-state index in [0.717, 1.165) is 18.5 Å². The minimum Gasteiger partial charge on any atom is -0.495 e. The Morgan fingerprint density at radius 2 is 2.00 bits per heavy atom. The molecule has 0 amide bonds. The molecular formula is C13H21ClN2O3S. The summed E-state index contributed by atoms with van der Waals surface area (Å²) in [5, 5.41) is 0.402. The standard InChI is InChI=1S/C13H21ClN2O3S/c1-10-8-12(19-4)13(9-11(10)14)20(17,18)15-6-5-7-16(2)3/h8-9,15H,5-7H2,1-4H3. The lowest BCUT2D eigenvalue weighted by atomic mass is 10.2. The van der Waals surface area contributed by atoms with E-state index < -0.39 is 10.0 Å². The van der Waals surface area contributed by atoms with Crippen molar-refractivity contribution < 1.29 is 13.2 Å². The highest BCUT2D eigenvalue weighted by molar-refractivity contribution is 7.89. The first-order valence-electron chi connectivity index (χ1n) is 6.26. The Bertz CT molecular complexity index is 559. The van der Waals surface area contributed by atoms with E-state index in [1.54, 1.807) is 13.0 Å². The van der Waals surface area contributed by atoms with Crippen molar-refractivity contribution in [1.82, 2.24) is 9.62 Å². The van der Waals surface area contributed by atoms with Crippen molar-refractivity contribution in [3.05, 3.63) is 22.7 Å². The Balaban J connectivity index is 2.89. The van der Waals surface area contributed by atoms with Crippen molar-refractivity contribution in [1.29, 1.82) is 0 Å². The predicted molar refractivity (Wildman–Crippen MR) is 81.1 cm³/mol. The van der Waals surface area contributed by atoms with Crippen LogP contribution in [0, 0.1) is 6.92 Å². The van der Waals surface area contributed by atoms with Gasteiger partial charge in [-0.2, -0.15) is 0 Å². The van der Waals surface area contributed by atoms with Crippen molar-refractivity contribution in [2.24, 2.45) is 0 Å². The summed E-state index contributed by atoms with van der Waals surface area (Å²) >= 11 is 6.00. The third-order valence-corrected chi connectivity index (χ3v) is 4.70. The van der Waals surface area contributed by atoms with Gasteiger partial charge in [-0.1, -0.05) is 11.6 Å². The first kappa shape index (κ1) is 17.2. The van der Waals surface area contributed by atoms with Crippen LogP contribution in [0.4, 0.5) is 0 Å². The second kappa shape index (κ2) is 7.26. The molecular weight excluding hydrogens is 300 g/mol. The van der Waals surface area contributed by atoms with Crippen LogP contribution in [0.1, 0.15) is 12.0 Å². The Morgan fingerprint density at radius 1 is 1.35 bits per heavy atom. The molecule has 0 heterocycles. The molecule has 1 aromatic carbocycles. The summed E-state index contributed by atoms with van der Waals surface area (Å²) in [5.74, 6) is 0.298. The number of methoxy groups -OCH3 is 1. The van der Waals surface area contributed by atoms with Gasteiger partial charge in [0.2, 0.25) is 10.0 Å². The van der Waals surface area contributed by atoms with Gasteiger partial charge in [0.15, 0.2) is 0 Å². The second-order valence-corrected chi connectivity index (χ2v) is 6.95. The van der Waals surface area contributed by atoms with Crippen LogP contribution >= 0.6 is 11.6 Å². The molecule has 7 heteroatoms. The van der Waals surface area contributed by atoms with Crippen LogP contribution in [-0.2, 0) is 10.0 Å². The van der Waals surface area contributed by atoms with E-state index >= 15 is 0 Å². The van der Waals surface area contributed by atoms with Crippen LogP contribution in [0.25, 0.3) is 0 Å². The zero-order valence-electron chi connectivity index (χ0n) is 12.2. The normalized spacial score (nSPS) is 11.9. The van der Waals surface area contributed by atoms with Crippen molar-refractivity contribution in [3.8, 4) is 5.75 Å². The van der Waals surface area contributed by atoms with Crippen LogP contribution in [0.5, 0.6) is 5.75 Å². The van der Waals surface area contributed by atoms with Gasteiger partial charge in [-0.3, -0.25) is 0 Å². The Kier molecular flexibility index (Phi) is 6.26. The topological polar surface area (TPSA) is 58.6 Å². The molecule has 0 saturated carbocycles. The lowest BCUT2D eigenvalue weighted by molar-refractivity contribution is 0.397. The number of hydrogen-bond donors (Lipinski definition) is 1. The number of nitrogens with one attached hydrogen (secondary N) is 1. The van der Waals surface area contributed by atoms with Crippen molar-refractivity contribution in [3.63, 3.8) is 0 Å². The molecule has 0 saturated heterocycles. The highest BCUT2D eigenvalue weighted by atomic mass is 35.5. The minimum absolute atomic E-state index is 0.0699. The second-order valence-electron chi connectivity index (χ2n) is 4.81. The van der Waals surface area contributed by atoms with Crippen molar-refractivity contribution >= 4 is 21.6 Å². The quantitative estimate of drug-likeness (QED) is 0.779. The van der Waals surface area contributed by atoms with E-state index in [4.69, 9.17) is 16.3 Å². The molecule has 1 N–H and O–H groups in total. The van der Waals surface area contributed by atoms with Crippen LogP contribution in [0.3, 0.4) is 0 Å². The fourth-order valence-electron chi connectivity index (χ4n) is 1.69. The van der Waals surface area contributed by atoms with E-state index in [9.17, 15) is 8.42 Å². The number of ether oxygens (including phenoxy) is 1. The number of hydrogen-bond acceptors (Lipinski definition) is 4. The molecule has 1 rings (SSSR count). The summed E-state index contributed by atoms with van der Waals surface area (Å²) in [7, 11) is 1.70. The maximum Gasteiger partial charge on any atom is 0.244 e. The number of nitrogens with zero attached hydrogens (tertiary/aromatic N) is 1. The Hall–Kier alpha value is -0.820. The monoisotopic (exact) mass is 320 g/mol. The van der Waals surface area contributed by atoms with E-state index in [1.165, 1.54) is 13.2 Å². The van der Waals surface area contributed by atoms with Gasteiger partial charge < -0.3 is 9.64 Å². The van der Waals surface area contributed by atoms with Gasteiger partial charge in [-0.25, -0.2) is 13.1 Å². The fourth-order valence-corrected chi connectivity index (χ4v) is 3.16. The first-order chi connectivity index (χ1) is 9.27. The lowest BCUT2D eigenvalue weighted by Crippen LogP contribution is -2.27. The molecule has 0 spiro atoms. The highest BCUT2D eigenvalue weighted by Crippen LogP contribution is 2.29. The number of benzene rings is 1. The zero-order valence-corrected chi connectivity index (χ0v) is 13.8. The van der Waals surface area contributed by atoms with Crippen LogP contribution in [0.2, 0.25) is 5.02 Å². The molecule has 0 atom stereocenters. The van der Waals surface area contributed by atoms with Crippen LogP contribution in [-0.4, -0.2) is 47.6 Å². The van der Waals surface area contributed by atoms with E-state index in [1.807, 2.05) is 19.0 Å². The third-order valence-electron chi connectivity index (χ3n) is 2.81. The summed E-state index contributed by atoms with van der Waals surface area (Å²) in [6.45, 7) is 2.98. The van der Waals surface area contributed by atoms with E-state index in [0.29, 0.717) is 17.3 Å². The van der Waals surface area contributed by atoms with Gasteiger partial charge in [0.25, 0.3) is 0 Å². The van der Waals surface area contributed by atoms with Gasteiger partial charge in [0, 0.05) is 11.6 Å². The molecule has 0 aliphatic carbocycles. The fraction of sp³-hybridized carbons (Fsp3) is 0.538. The molecule has 1 aromatic rings. The average molecular weight is 321 g/mol. The predicted octanol–water partition coefficient (Wildman–Crippen LogP) is 1.89. The van der Waals surface area contributed by atoms with Crippen LogP contribution in [0.15, 0.2) is 17.0 Å². The molecule has 0 aliphatic heterocycles. The average Bonchev–Trinajstić information content (AvgIpc) is 2.37. The molecule has 0 aliphatic rings. The first-order valence-corrected chi connectivity index (χ1v) is 8.12. The Morgan fingerprint density at radius 3 is 2.55 bits per heavy atom. The molecule has 0 radical (unpaired) electrons. The summed E-state index contributed by atoms with van der Waals surface area (Å²) in [6, 6.07) is 3.04. The molecule has 114 valence electrons. The Labute approximate surface area is 125 Å². The molecule has 5 nitrogen and oxygen atoms in total. The molecule has 0 fully saturated rings. The smallest absolute Gasteiger partial charge is 0.244 e. The summed E-state index contributed by atoms with van der Waals surface area (Å²) in [4.78, 5) is 2.07. The maximum atomic E-state index is 12.3. The van der Waals surface area contributed by atoms with Crippen molar-refractivity contribution in [2.75, 3.05) is 34.3 Å². The number of sulfonamides is 1. The minimum atomic E-state index is -3.62. The van der Waals surface area contributed by atoms with Gasteiger partial charge in [-0.05, 0) is 51.7 Å². The number of aryl methyl sites for hydroxylation is 1. The highest BCUT2D eigenvalue weighted by Gasteiger charge is 2.20. The van der Waals surface area contributed by atoms with Gasteiger partial charge in [-0.15, -0.1) is 0 Å². The summed E-state index contributed by atoms with van der Waals surface area (Å²) < 4.78 is 32.2. The molecule has 0 unspecified atom stereocenters. The lowest BCUT2D eigenvalue weighted by Gasteiger charge is -2.13. The third kappa shape index (κ3) is 4.63.